The van der Waals surface area contributed by atoms with Crippen LogP contribution in [0.15, 0.2) is 24.3 Å². The minimum absolute atomic E-state index is 0.232. The number of rotatable bonds is 6. The summed E-state index contributed by atoms with van der Waals surface area (Å²) in [6, 6.07) is 7.22. The Balaban J connectivity index is 2.33. The van der Waals surface area contributed by atoms with Crippen molar-refractivity contribution in [3.63, 3.8) is 0 Å². The highest BCUT2D eigenvalue weighted by molar-refractivity contribution is 6.04. The molecule has 6 heteroatoms. The van der Waals surface area contributed by atoms with Crippen LogP contribution in [0.5, 0.6) is 0 Å². The van der Waals surface area contributed by atoms with Crippen molar-refractivity contribution >= 4 is 23.5 Å². The quantitative estimate of drug-likeness (QED) is 0.600. The summed E-state index contributed by atoms with van der Waals surface area (Å²) in [6.45, 7) is 3.64. The van der Waals surface area contributed by atoms with Crippen molar-refractivity contribution in [2.24, 2.45) is 0 Å². The molecule has 1 aromatic rings. The van der Waals surface area contributed by atoms with Crippen molar-refractivity contribution in [3.05, 3.63) is 29.8 Å². The van der Waals surface area contributed by atoms with Gasteiger partial charge in [-0.3, -0.25) is 14.4 Å². The Morgan fingerprint density at radius 2 is 1.75 bits per heavy atom. The molecule has 0 fully saturated rings. The molecule has 0 radical (unpaired) electrons. The van der Waals surface area contributed by atoms with Crippen molar-refractivity contribution in [1.29, 1.82) is 0 Å². The monoisotopic (exact) mass is 278 g/mol. The number of aryl methyl sites for hydroxylation is 1. The molecule has 0 heterocycles. The molecule has 0 unspecified atom stereocenters. The lowest BCUT2D eigenvalue weighted by Gasteiger charge is -2.06. The SMILES string of the molecule is CCOC(=O)CNC(=O)CC(=O)Nc1ccc(C)cc1. The number of carbonyl (C=O) groups is 3. The number of ether oxygens (including phenoxy) is 1. The minimum atomic E-state index is -0.528. The second-order valence-electron chi connectivity index (χ2n) is 4.17. The third kappa shape index (κ3) is 5.99. The summed E-state index contributed by atoms with van der Waals surface area (Å²) in [5.41, 5.74) is 1.70. The van der Waals surface area contributed by atoms with Crippen molar-refractivity contribution in [1.82, 2.24) is 5.32 Å². The van der Waals surface area contributed by atoms with Crippen LogP contribution in [0.25, 0.3) is 0 Å². The summed E-state index contributed by atoms with van der Waals surface area (Å²) < 4.78 is 4.65. The van der Waals surface area contributed by atoms with Crippen LogP contribution in [0.2, 0.25) is 0 Å². The Labute approximate surface area is 117 Å². The van der Waals surface area contributed by atoms with E-state index in [1.54, 1.807) is 19.1 Å². The molecule has 108 valence electrons. The van der Waals surface area contributed by atoms with Gasteiger partial charge >= 0.3 is 5.97 Å². The maximum absolute atomic E-state index is 11.6. The van der Waals surface area contributed by atoms with Gasteiger partial charge in [-0.2, -0.15) is 0 Å². The number of esters is 1. The van der Waals surface area contributed by atoms with E-state index in [2.05, 4.69) is 15.4 Å². The normalized spacial score (nSPS) is 9.70. The van der Waals surface area contributed by atoms with Gasteiger partial charge < -0.3 is 15.4 Å². The van der Waals surface area contributed by atoms with Gasteiger partial charge in [-0.25, -0.2) is 0 Å². The maximum atomic E-state index is 11.6. The van der Waals surface area contributed by atoms with E-state index >= 15 is 0 Å². The molecule has 0 saturated heterocycles. The molecule has 1 aromatic carbocycles. The van der Waals surface area contributed by atoms with Gasteiger partial charge in [0.2, 0.25) is 11.8 Å². The Kier molecular flexibility index (Phi) is 6.22. The molecule has 0 saturated carbocycles. The molecule has 2 N–H and O–H groups in total. The van der Waals surface area contributed by atoms with E-state index in [4.69, 9.17) is 0 Å². The molecule has 0 aliphatic heterocycles. The number of carbonyl (C=O) groups excluding carboxylic acids is 3. The molecule has 0 spiro atoms. The van der Waals surface area contributed by atoms with Crippen LogP contribution in [0.3, 0.4) is 0 Å². The first kappa shape index (κ1) is 15.7. The number of amides is 2. The van der Waals surface area contributed by atoms with Gasteiger partial charge in [-0.15, -0.1) is 0 Å². The van der Waals surface area contributed by atoms with E-state index in [0.717, 1.165) is 5.56 Å². The highest BCUT2D eigenvalue weighted by atomic mass is 16.5. The number of nitrogens with one attached hydrogen (secondary N) is 2. The van der Waals surface area contributed by atoms with Gasteiger partial charge in [0.1, 0.15) is 13.0 Å². The molecule has 6 nitrogen and oxygen atoms in total. The first-order chi connectivity index (χ1) is 9.51. The lowest BCUT2D eigenvalue weighted by atomic mass is 10.2. The molecule has 0 aliphatic rings. The van der Waals surface area contributed by atoms with Gasteiger partial charge in [0.05, 0.1) is 6.61 Å². The van der Waals surface area contributed by atoms with Crippen molar-refractivity contribution in [2.75, 3.05) is 18.5 Å². The number of anilines is 1. The van der Waals surface area contributed by atoms with Crippen LogP contribution < -0.4 is 10.6 Å². The number of hydrogen-bond acceptors (Lipinski definition) is 4. The Morgan fingerprint density at radius 3 is 2.35 bits per heavy atom. The summed E-state index contributed by atoms with van der Waals surface area (Å²) in [7, 11) is 0. The van der Waals surface area contributed by atoms with Crippen LogP contribution in [-0.2, 0) is 19.1 Å². The van der Waals surface area contributed by atoms with E-state index in [1.807, 2.05) is 19.1 Å². The second-order valence-corrected chi connectivity index (χ2v) is 4.17. The molecule has 0 atom stereocenters. The Bertz CT molecular complexity index is 482. The third-order valence-electron chi connectivity index (χ3n) is 2.39. The van der Waals surface area contributed by atoms with Gasteiger partial charge in [0, 0.05) is 5.69 Å². The largest absolute Gasteiger partial charge is 0.465 e. The van der Waals surface area contributed by atoms with Gasteiger partial charge in [0.15, 0.2) is 0 Å². The highest BCUT2D eigenvalue weighted by Gasteiger charge is 2.11. The lowest BCUT2D eigenvalue weighted by Crippen LogP contribution is -2.33. The maximum Gasteiger partial charge on any atom is 0.325 e. The summed E-state index contributed by atoms with van der Waals surface area (Å²) in [6.07, 6.45) is -0.340. The van der Waals surface area contributed by atoms with Crippen molar-refractivity contribution < 1.29 is 19.1 Å². The van der Waals surface area contributed by atoms with E-state index in [9.17, 15) is 14.4 Å². The summed E-state index contributed by atoms with van der Waals surface area (Å²) in [5, 5.41) is 4.92. The van der Waals surface area contributed by atoms with Gasteiger partial charge in [-0.05, 0) is 26.0 Å². The molecular weight excluding hydrogens is 260 g/mol. The van der Waals surface area contributed by atoms with E-state index in [1.165, 1.54) is 0 Å². The number of hydrogen-bond donors (Lipinski definition) is 2. The van der Waals surface area contributed by atoms with E-state index < -0.39 is 17.8 Å². The van der Waals surface area contributed by atoms with Crippen LogP contribution >= 0.6 is 0 Å². The number of benzene rings is 1. The predicted octanol–water partition coefficient (Wildman–Crippen LogP) is 1.00. The summed E-state index contributed by atoms with van der Waals surface area (Å²) >= 11 is 0. The van der Waals surface area contributed by atoms with Crippen molar-refractivity contribution in [3.8, 4) is 0 Å². The Hall–Kier alpha value is -2.37. The highest BCUT2D eigenvalue weighted by Crippen LogP contribution is 2.08. The van der Waals surface area contributed by atoms with Crippen molar-refractivity contribution in [2.45, 2.75) is 20.3 Å². The molecule has 20 heavy (non-hydrogen) atoms. The molecule has 0 bridgehead atoms. The van der Waals surface area contributed by atoms with Crippen LogP contribution in [-0.4, -0.2) is 30.9 Å². The molecular formula is C14H18N2O4. The van der Waals surface area contributed by atoms with Crippen LogP contribution in [0, 0.1) is 6.92 Å². The molecule has 2 amide bonds. The average molecular weight is 278 g/mol. The van der Waals surface area contributed by atoms with E-state index in [-0.39, 0.29) is 19.6 Å². The minimum Gasteiger partial charge on any atom is -0.465 e. The fourth-order valence-corrected chi connectivity index (χ4v) is 1.43. The zero-order valence-electron chi connectivity index (χ0n) is 11.6. The molecule has 1 rings (SSSR count). The third-order valence-corrected chi connectivity index (χ3v) is 2.39. The fraction of sp³-hybridized carbons (Fsp3) is 0.357. The first-order valence-electron chi connectivity index (χ1n) is 6.30. The fourth-order valence-electron chi connectivity index (χ4n) is 1.43. The van der Waals surface area contributed by atoms with Gasteiger partial charge in [0.25, 0.3) is 0 Å². The van der Waals surface area contributed by atoms with E-state index in [0.29, 0.717) is 5.69 Å². The summed E-state index contributed by atoms with van der Waals surface area (Å²) in [5.74, 6) is -1.49. The zero-order chi connectivity index (χ0) is 15.0. The topological polar surface area (TPSA) is 84.5 Å². The molecule has 0 aromatic heterocycles. The zero-order valence-corrected chi connectivity index (χ0v) is 11.6. The van der Waals surface area contributed by atoms with Crippen LogP contribution in [0.4, 0.5) is 5.69 Å². The standard InChI is InChI=1S/C14H18N2O4/c1-3-20-14(19)9-15-12(17)8-13(18)16-11-6-4-10(2)5-7-11/h4-7H,3,8-9H2,1-2H3,(H,15,17)(H,16,18). The van der Waals surface area contributed by atoms with Crippen LogP contribution in [0.1, 0.15) is 18.9 Å². The predicted molar refractivity (Wildman–Crippen MR) is 74.1 cm³/mol. The second kappa shape index (κ2) is 7.93. The lowest BCUT2D eigenvalue weighted by molar-refractivity contribution is -0.143. The van der Waals surface area contributed by atoms with Gasteiger partial charge in [-0.1, -0.05) is 17.7 Å². The Morgan fingerprint density at radius 1 is 1.10 bits per heavy atom. The first-order valence-corrected chi connectivity index (χ1v) is 6.30. The summed E-state index contributed by atoms with van der Waals surface area (Å²) in [4.78, 5) is 34.0. The smallest absolute Gasteiger partial charge is 0.325 e. The molecule has 0 aliphatic carbocycles. The average Bonchev–Trinajstić information content (AvgIpc) is 2.39.